The quantitative estimate of drug-likeness (QED) is 0.346. The predicted molar refractivity (Wildman–Crippen MR) is 117 cm³/mol. The van der Waals surface area contributed by atoms with Crippen molar-refractivity contribution in [2.75, 3.05) is 0 Å². The van der Waals surface area contributed by atoms with E-state index in [1.54, 1.807) is 12.2 Å². The van der Waals surface area contributed by atoms with Crippen molar-refractivity contribution in [1.82, 2.24) is 0 Å². The summed E-state index contributed by atoms with van der Waals surface area (Å²) < 4.78 is 5.72. The van der Waals surface area contributed by atoms with E-state index in [4.69, 9.17) is 4.74 Å². The first-order valence-electron chi connectivity index (χ1n) is 10.9. The number of rotatable bonds is 9. The van der Waals surface area contributed by atoms with Crippen molar-refractivity contribution in [3.63, 3.8) is 0 Å². The second-order valence-corrected chi connectivity index (χ2v) is 9.38. The van der Waals surface area contributed by atoms with Crippen LogP contribution >= 0.6 is 0 Å². The van der Waals surface area contributed by atoms with Crippen LogP contribution < -0.4 is 0 Å². The number of fused-ring (bicyclic) bond motifs is 1. The van der Waals surface area contributed by atoms with Crippen molar-refractivity contribution >= 4 is 18.5 Å². The molecule has 2 aliphatic rings. The average Bonchev–Trinajstić information content (AvgIpc) is 2.74. The lowest BCUT2D eigenvalue weighted by molar-refractivity contribution is -0.167. The van der Waals surface area contributed by atoms with Crippen LogP contribution in [0.4, 0.5) is 0 Å². The number of esters is 1. The Morgan fingerprint density at radius 2 is 2.07 bits per heavy atom. The highest BCUT2D eigenvalue weighted by Crippen LogP contribution is 2.61. The molecular weight excluding hydrogens is 380 g/mol. The van der Waals surface area contributed by atoms with Crippen molar-refractivity contribution in [3.8, 4) is 0 Å². The highest BCUT2D eigenvalue weighted by atomic mass is 16.5. The van der Waals surface area contributed by atoms with E-state index in [9.17, 15) is 19.5 Å². The molecule has 5 nitrogen and oxygen atoms in total. The number of aliphatic hydroxyl groups is 1. The normalized spacial score (nSPS) is 36.6. The molecule has 0 bridgehead atoms. The maximum Gasteiger partial charge on any atom is 0.309 e. The summed E-state index contributed by atoms with van der Waals surface area (Å²) in [6.07, 6.45) is 6.09. The number of carbonyl (C=O) groups excluding carboxylic acids is 3. The lowest BCUT2D eigenvalue weighted by Gasteiger charge is -2.59. The molecule has 0 spiro atoms. The minimum atomic E-state index is -1.28. The van der Waals surface area contributed by atoms with E-state index in [1.165, 1.54) is 0 Å². The van der Waals surface area contributed by atoms with Crippen LogP contribution in [0.15, 0.2) is 36.5 Å². The van der Waals surface area contributed by atoms with Gasteiger partial charge in [0.05, 0.1) is 17.4 Å². The number of hydrogen-bond donors (Lipinski definition) is 1. The molecule has 2 aliphatic carbocycles. The maximum absolute atomic E-state index is 12.5. The Kier molecular flexibility index (Phi) is 7.62. The van der Waals surface area contributed by atoms with E-state index < -0.39 is 17.6 Å². The van der Waals surface area contributed by atoms with Gasteiger partial charge in [-0.2, -0.15) is 0 Å². The van der Waals surface area contributed by atoms with Gasteiger partial charge in [0.25, 0.3) is 0 Å². The summed E-state index contributed by atoms with van der Waals surface area (Å²) in [6.45, 7) is 15.7. The van der Waals surface area contributed by atoms with Gasteiger partial charge in [-0.25, -0.2) is 0 Å². The van der Waals surface area contributed by atoms with Crippen molar-refractivity contribution < 1.29 is 24.2 Å². The fraction of sp³-hybridized carbons (Fsp3) is 0.640. The highest BCUT2D eigenvalue weighted by molar-refractivity contribution is 5.86. The van der Waals surface area contributed by atoms with Gasteiger partial charge >= 0.3 is 5.97 Å². The topological polar surface area (TPSA) is 80.7 Å². The molecule has 2 rings (SSSR count). The largest absolute Gasteiger partial charge is 0.458 e. The Balaban J connectivity index is 2.51. The Bertz CT molecular complexity index is 738. The molecule has 0 aromatic heterocycles. The van der Waals surface area contributed by atoms with Crippen LogP contribution in [-0.2, 0) is 19.1 Å². The van der Waals surface area contributed by atoms with Gasteiger partial charge in [-0.1, -0.05) is 52.5 Å². The van der Waals surface area contributed by atoms with Crippen LogP contribution in [0.25, 0.3) is 0 Å². The Morgan fingerprint density at radius 1 is 1.40 bits per heavy atom. The van der Waals surface area contributed by atoms with Gasteiger partial charge in [0.2, 0.25) is 0 Å². The van der Waals surface area contributed by atoms with E-state index >= 15 is 0 Å². The molecular formula is C25H36O5. The van der Waals surface area contributed by atoms with Gasteiger partial charge in [0, 0.05) is 5.57 Å². The highest BCUT2D eigenvalue weighted by Gasteiger charge is 2.62. The summed E-state index contributed by atoms with van der Waals surface area (Å²) in [6, 6.07) is 0. The summed E-state index contributed by atoms with van der Waals surface area (Å²) in [5.41, 5.74) is -0.496. The minimum Gasteiger partial charge on any atom is -0.458 e. The second kappa shape index (κ2) is 9.42. The maximum atomic E-state index is 12.5. The van der Waals surface area contributed by atoms with Crippen LogP contribution in [0.5, 0.6) is 0 Å². The number of ether oxygens (including phenoxy) is 1. The molecule has 30 heavy (non-hydrogen) atoms. The zero-order valence-electron chi connectivity index (χ0n) is 18.7. The summed E-state index contributed by atoms with van der Waals surface area (Å²) in [5, 5.41) is 11.0. The molecule has 1 fully saturated rings. The van der Waals surface area contributed by atoms with Crippen molar-refractivity contribution in [2.24, 2.45) is 28.6 Å². The van der Waals surface area contributed by atoms with E-state index in [-0.39, 0.29) is 34.7 Å². The lowest BCUT2D eigenvalue weighted by atomic mass is 9.45. The molecule has 0 aromatic carbocycles. The number of hydrogen-bond acceptors (Lipinski definition) is 5. The fourth-order valence-electron chi connectivity index (χ4n) is 5.26. The molecule has 1 N–H and O–H groups in total. The number of allylic oxidation sites excluding steroid dienone is 2. The zero-order chi connectivity index (χ0) is 22.7. The summed E-state index contributed by atoms with van der Waals surface area (Å²) in [7, 11) is 0. The number of carbonyl (C=O) groups is 3. The molecule has 0 amide bonds. The van der Waals surface area contributed by atoms with Crippen molar-refractivity contribution in [3.05, 3.63) is 36.5 Å². The fourth-order valence-corrected chi connectivity index (χ4v) is 5.26. The van der Waals surface area contributed by atoms with Crippen molar-refractivity contribution in [1.29, 1.82) is 0 Å². The van der Waals surface area contributed by atoms with Crippen LogP contribution in [0.2, 0.25) is 0 Å². The summed E-state index contributed by atoms with van der Waals surface area (Å²) in [5.74, 6) is -0.776. The third kappa shape index (κ3) is 4.09. The van der Waals surface area contributed by atoms with Crippen LogP contribution in [-0.4, -0.2) is 35.9 Å². The van der Waals surface area contributed by atoms with Gasteiger partial charge in [0.15, 0.2) is 0 Å². The van der Waals surface area contributed by atoms with Gasteiger partial charge in [-0.05, 0) is 55.4 Å². The minimum absolute atomic E-state index is 0.111. The summed E-state index contributed by atoms with van der Waals surface area (Å²) in [4.78, 5) is 36.9. The first-order valence-corrected chi connectivity index (χ1v) is 10.9. The predicted octanol–water partition coefficient (Wildman–Crippen LogP) is 4.20. The molecule has 0 aliphatic heterocycles. The first-order chi connectivity index (χ1) is 14.1. The number of aliphatic hydroxyl groups excluding tert-OH is 1. The van der Waals surface area contributed by atoms with Crippen LogP contribution in [0, 0.1) is 28.6 Å². The molecule has 7 atom stereocenters. The molecule has 0 heterocycles. The smallest absolute Gasteiger partial charge is 0.309 e. The van der Waals surface area contributed by atoms with Gasteiger partial charge in [-0.3, -0.25) is 9.59 Å². The van der Waals surface area contributed by atoms with E-state index in [2.05, 4.69) is 27.0 Å². The van der Waals surface area contributed by atoms with Crippen molar-refractivity contribution in [2.45, 2.75) is 72.0 Å². The van der Waals surface area contributed by atoms with Crippen LogP contribution in [0.1, 0.15) is 59.8 Å². The second-order valence-electron chi connectivity index (χ2n) is 9.38. The molecule has 5 heteroatoms. The van der Waals surface area contributed by atoms with E-state index in [0.717, 1.165) is 18.3 Å². The zero-order valence-corrected chi connectivity index (χ0v) is 18.7. The Morgan fingerprint density at radius 3 is 2.60 bits per heavy atom. The molecule has 166 valence electrons. The standard InChI is InChI=1S/C25H36O5/c1-7-16(3)9-10-24(6)18(5)11-22(28)25(15-27)19(14-26)12-20(13-21(24)25)30-23(29)17(4)8-2/h7,12,14-15,17-18,20-22,28H,1,3,8-11,13H2,2,4-6H3/t17-,18-,20-,21+,22+,24-,25+/m0/s1. The molecule has 0 unspecified atom stereocenters. The first kappa shape index (κ1) is 24.3. The monoisotopic (exact) mass is 416 g/mol. The molecule has 0 aromatic rings. The molecule has 1 saturated carbocycles. The van der Waals surface area contributed by atoms with E-state index in [0.29, 0.717) is 32.0 Å². The lowest BCUT2D eigenvalue weighted by Crippen LogP contribution is -2.60. The van der Waals surface area contributed by atoms with E-state index in [1.807, 2.05) is 13.8 Å². The van der Waals surface area contributed by atoms with Gasteiger partial charge in [-0.15, -0.1) is 0 Å². The van der Waals surface area contributed by atoms with Crippen LogP contribution in [0.3, 0.4) is 0 Å². The Labute approximate surface area is 180 Å². The molecule has 0 radical (unpaired) electrons. The number of aldehydes is 2. The summed E-state index contributed by atoms with van der Waals surface area (Å²) >= 11 is 0. The third-order valence-corrected chi connectivity index (χ3v) is 7.84. The third-order valence-electron chi connectivity index (χ3n) is 7.84. The molecule has 0 saturated heterocycles. The SMILES string of the molecule is C=CC(=C)CC[C@]1(C)[C@H]2C[C@@H](OC(=O)[C@@H](C)CC)C=C(C=O)[C@@]2(C=O)[C@H](O)C[C@@H]1C. The Hall–Kier alpha value is -2.01. The van der Waals surface area contributed by atoms with Gasteiger partial charge < -0.3 is 14.6 Å². The average molecular weight is 417 g/mol. The van der Waals surface area contributed by atoms with Gasteiger partial charge in [0.1, 0.15) is 18.7 Å².